The molecule has 0 aliphatic rings. The third-order valence-corrected chi connectivity index (χ3v) is 2.04. The van der Waals surface area contributed by atoms with Gasteiger partial charge in [-0.15, -0.1) is 0 Å². The van der Waals surface area contributed by atoms with Crippen molar-refractivity contribution in [3.8, 4) is 5.69 Å². The molecule has 0 fully saturated rings. The molecule has 2 aromatic rings. The fourth-order valence-corrected chi connectivity index (χ4v) is 1.43. The van der Waals surface area contributed by atoms with Gasteiger partial charge >= 0.3 is 0 Å². The number of nitrogen functional groups attached to an aromatic ring is 1. The molecular weight excluding hydrogens is 176 g/mol. The zero-order chi connectivity index (χ0) is 10.1. The molecule has 0 aliphatic carbocycles. The monoisotopic (exact) mass is 188 g/mol. The first-order chi connectivity index (χ1) is 6.68. The van der Waals surface area contributed by atoms with E-state index in [2.05, 4.69) is 10.1 Å². The van der Waals surface area contributed by atoms with Gasteiger partial charge in [0.15, 0.2) is 0 Å². The van der Waals surface area contributed by atoms with Gasteiger partial charge in [0, 0.05) is 0 Å². The molecule has 4 heteroatoms. The molecule has 0 unspecified atom stereocenters. The number of hydrogen-bond donors (Lipinski definition) is 1. The van der Waals surface area contributed by atoms with Crippen molar-refractivity contribution in [1.29, 1.82) is 0 Å². The van der Waals surface area contributed by atoms with Crippen molar-refractivity contribution in [1.82, 2.24) is 14.8 Å². The first-order valence-corrected chi connectivity index (χ1v) is 4.43. The van der Waals surface area contributed by atoms with Crippen molar-refractivity contribution in [2.75, 3.05) is 5.73 Å². The van der Waals surface area contributed by atoms with Gasteiger partial charge < -0.3 is 5.73 Å². The van der Waals surface area contributed by atoms with Gasteiger partial charge in [-0.3, -0.25) is 0 Å². The zero-order valence-corrected chi connectivity index (χ0v) is 8.23. The van der Waals surface area contributed by atoms with Gasteiger partial charge in [0.1, 0.15) is 11.6 Å². The summed E-state index contributed by atoms with van der Waals surface area (Å²) in [5.74, 6) is 1.60. The molecule has 1 aromatic heterocycles. The fraction of sp³-hybridized carbons (Fsp3) is 0.200. The molecule has 1 heterocycles. The Bertz CT molecular complexity index is 459. The second-order valence-corrected chi connectivity index (χ2v) is 3.18. The average molecular weight is 188 g/mol. The van der Waals surface area contributed by atoms with Crippen LogP contribution in [0.1, 0.15) is 11.6 Å². The third kappa shape index (κ3) is 1.35. The topological polar surface area (TPSA) is 56.7 Å². The van der Waals surface area contributed by atoms with E-state index in [1.807, 2.05) is 38.1 Å². The van der Waals surface area contributed by atoms with Crippen LogP contribution < -0.4 is 5.73 Å². The molecule has 0 aliphatic heterocycles. The number of benzene rings is 1. The molecular formula is C10H12N4. The maximum absolute atomic E-state index is 5.84. The Hall–Kier alpha value is -1.84. The summed E-state index contributed by atoms with van der Waals surface area (Å²) in [6.07, 6.45) is 0. The molecule has 0 atom stereocenters. The normalized spacial score (nSPS) is 10.4. The van der Waals surface area contributed by atoms with E-state index in [9.17, 15) is 0 Å². The van der Waals surface area contributed by atoms with E-state index in [-0.39, 0.29) is 0 Å². The van der Waals surface area contributed by atoms with Gasteiger partial charge in [-0.2, -0.15) is 5.10 Å². The minimum absolute atomic E-state index is 0.709. The Labute approximate surface area is 82.4 Å². The van der Waals surface area contributed by atoms with Crippen LogP contribution in [0, 0.1) is 13.8 Å². The first kappa shape index (κ1) is 8.74. The first-order valence-electron chi connectivity index (χ1n) is 4.43. The molecule has 4 nitrogen and oxygen atoms in total. The second-order valence-electron chi connectivity index (χ2n) is 3.18. The number of nitrogens with zero attached hydrogens (tertiary/aromatic N) is 3. The molecule has 0 radical (unpaired) electrons. The van der Waals surface area contributed by atoms with Crippen LogP contribution in [-0.4, -0.2) is 14.8 Å². The van der Waals surface area contributed by atoms with Crippen LogP contribution in [0.25, 0.3) is 5.69 Å². The molecule has 72 valence electrons. The fourth-order valence-electron chi connectivity index (χ4n) is 1.43. The SMILES string of the molecule is Cc1nc(C)n(-c2ccccc2N)n1. The lowest BCUT2D eigenvalue weighted by Crippen LogP contribution is -2.03. The van der Waals surface area contributed by atoms with Crippen LogP contribution in [-0.2, 0) is 0 Å². The molecule has 14 heavy (non-hydrogen) atoms. The lowest BCUT2D eigenvalue weighted by Gasteiger charge is -2.05. The lowest BCUT2D eigenvalue weighted by atomic mass is 10.3. The minimum atomic E-state index is 0.709. The second kappa shape index (κ2) is 3.14. The summed E-state index contributed by atoms with van der Waals surface area (Å²) < 4.78 is 1.75. The van der Waals surface area contributed by atoms with E-state index in [0.29, 0.717) is 5.69 Å². The van der Waals surface area contributed by atoms with E-state index in [1.54, 1.807) is 4.68 Å². The Morgan fingerprint density at radius 3 is 2.50 bits per heavy atom. The van der Waals surface area contributed by atoms with Gasteiger partial charge in [-0.25, -0.2) is 9.67 Å². The predicted molar refractivity (Wildman–Crippen MR) is 55.2 cm³/mol. The number of aryl methyl sites for hydroxylation is 2. The average Bonchev–Trinajstić information content (AvgIpc) is 2.46. The van der Waals surface area contributed by atoms with Gasteiger partial charge in [-0.1, -0.05) is 12.1 Å². The molecule has 0 amide bonds. The smallest absolute Gasteiger partial charge is 0.148 e. The number of hydrogen-bond acceptors (Lipinski definition) is 3. The highest BCUT2D eigenvalue weighted by molar-refractivity contribution is 5.57. The van der Waals surface area contributed by atoms with Crippen LogP contribution in [0.2, 0.25) is 0 Å². The molecule has 2 rings (SSSR count). The molecule has 2 N–H and O–H groups in total. The summed E-state index contributed by atoms with van der Waals surface area (Å²) in [6.45, 7) is 3.77. The van der Waals surface area contributed by atoms with Crippen molar-refractivity contribution in [2.45, 2.75) is 13.8 Å². The van der Waals surface area contributed by atoms with Crippen molar-refractivity contribution >= 4 is 5.69 Å². The maximum atomic E-state index is 5.84. The van der Waals surface area contributed by atoms with Gasteiger partial charge in [0.2, 0.25) is 0 Å². The van der Waals surface area contributed by atoms with E-state index < -0.39 is 0 Å². The highest BCUT2D eigenvalue weighted by Crippen LogP contribution is 2.16. The zero-order valence-electron chi connectivity index (χ0n) is 8.23. The lowest BCUT2D eigenvalue weighted by molar-refractivity contribution is 0.833. The highest BCUT2D eigenvalue weighted by Gasteiger charge is 2.06. The summed E-state index contributed by atoms with van der Waals surface area (Å²) in [5.41, 5.74) is 7.43. The van der Waals surface area contributed by atoms with E-state index in [4.69, 9.17) is 5.73 Å². The highest BCUT2D eigenvalue weighted by atomic mass is 15.3. The van der Waals surface area contributed by atoms with E-state index in [1.165, 1.54) is 0 Å². The van der Waals surface area contributed by atoms with Crippen molar-refractivity contribution < 1.29 is 0 Å². The van der Waals surface area contributed by atoms with Crippen LogP contribution in [0.3, 0.4) is 0 Å². The van der Waals surface area contributed by atoms with Crippen LogP contribution >= 0.6 is 0 Å². The van der Waals surface area contributed by atoms with Crippen molar-refractivity contribution in [3.05, 3.63) is 35.9 Å². The van der Waals surface area contributed by atoms with E-state index >= 15 is 0 Å². The van der Waals surface area contributed by atoms with Gasteiger partial charge in [-0.05, 0) is 26.0 Å². The molecule has 1 aromatic carbocycles. The van der Waals surface area contributed by atoms with Crippen molar-refractivity contribution in [2.24, 2.45) is 0 Å². The number of anilines is 1. The standard InChI is InChI=1S/C10H12N4/c1-7-12-8(2)14(13-7)10-6-4-3-5-9(10)11/h3-6H,11H2,1-2H3. The quantitative estimate of drug-likeness (QED) is 0.689. The summed E-state index contributed by atoms with van der Waals surface area (Å²) in [7, 11) is 0. The third-order valence-electron chi connectivity index (χ3n) is 2.04. The van der Waals surface area contributed by atoms with Crippen molar-refractivity contribution in [3.63, 3.8) is 0 Å². The summed E-state index contributed by atoms with van der Waals surface area (Å²) in [4.78, 5) is 4.22. The summed E-state index contributed by atoms with van der Waals surface area (Å²) in [6, 6.07) is 7.61. The Kier molecular flexibility index (Phi) is 1.96. The molecule has 0 saturated carbocycles. The number of nitrogens with two attached hydrogens (primary N) is 1. The Morgan fingerprint density at radius 2 is 1.93 bits per heavy atom. The van der Waals surface area contributed by atoms with Gasteiger partial charge in [0.25, 0.3) is 0 Å². The number of rotatable bonds is 1. The Balaban J connectivity index is 2.60. The summed E-state index contributed by atoms with van der Waals surface area (Å²) >= 11 is 0. The molecule has 0 saturated heterocycles. The summed E-state index contributed by atoms with van der Waals surface area (Å²) in [5, 5.41) is 4.27. The molecule has 0 bridgehead atoms. The van der Waals surface area contributed by atoms with Crippen LogP contribution in [0.15, 0.2) is 24.3 Å². The minimum Gasteiger partial charge on any atom is -0.397 e. The van der Waals surface area contributed by atoms with E-state index in [0.717, 1.165) is 17.3 Å². The molecule has 0 spiro atoms. The largest absolute Gasteiger partial charge is 0.397 e. The number of aromatic nitrogens is 3. The maximum Gasteiger partial charge on any atom is 0.148 e. The Morgan fingerprint density at radius 1 is 1.21 bits per heavy atom. The predicted octanol–water partition coefficient (Wildman–Crippen LogP) is 1.47. The van der Waals surface area contributed by atoms with Crippen LogP contribution in [0.4, 0.5) is 5.69 Å². The van der Waals surface area contributed by atoms with Crippen LogP contribution in [0.5, 0.6) is 0 Å². The van der Waals surface area contributed by atoms with Gasteiger partial charge in [0.05, 0.1) is 11.4 Å². The number of para-hydroxylation sites is 2.